The van der Waals surface area contributed by atoms with E-state index in [1.807, 2.05) is 0 Å². The van der Waals surface area contributed by atoms with Crippen LogP contribution in [0.1, 0.15) is 28.9 Å². The third-order valence-corrected chi connectivity index (χ3v) is 1.97. The van der Waals surface area contributed by atoms with Gasteiger partial charge in [-0.1, -0.05) is 0 Å². The first-order valence-electron chi connectivity index (χ1n) is 4.23. The summed E-state index contributed by atoms with van der Waals surface area (Å²) in [7, 11) is 1.53. The molecule has 76 valence electrons. The van der Waals surface area contributed by atoms with Crippen LogP contribution in [-0.2, 0) is 0 Å². The van der Waals surface area contributed by atoms with Crippen LogP contribution in [0, 0.1) is 0 Å². The van der Waals surface area contributed by atoms with Gasteiger partial charge in [-0.3, -0.25) is 0 Å². The van der Waals surface area contributed by atoms with Crippen LogP contribution in [0.2, 0.25) is 0 Å². The van der Waals surface area contributed by atoms with Crippen LogP contribution in [0.3, 0.4) is 0 Å². The van der Waals surface area contributed by atoms with Crippen molar-refractivity contribution in [3.8, 4) is 5.75 Å². The van der Waals surface area contributed by atoms with Crippen molar-refractivity contribution in [1.29, 1.82) is 0 Å². The summed E-state index contributed by atoms with van der Waals surface area (Å²) in [6.45, 7) is 1.78. The lowest BCUT2D eigenvalue weighted by atomic mass is 10.0. The molecule has 1 aromatic rings. The predicted octanol–water partition coefficient (Wildman–Crippen LogP) is 1.41. The molecular weight excluding hydrogens is 182 g/mol. The largest absolute Gasteiger partial charge is 0.496 e. The topological polar surface area (TPSA) is 72.5 Å². The number of carboxylic acids is 1. The monoisotopic (exact) mass is 195 g/mol. The van der Waals surface area contributed by atoms with Crippen LogP contribution >= 0.6 is 0 Å². The minimum Gasteiger partial charge on any atom is -0.496 e. The van der Waals surface area contributed by atoms with Crippen LogP contribution in [0.25, 0.3) is 0 Å². The summed E-state index contributed by atoms with van der Waals surface area (Å²) in [6, 6.07) is 4.39. The molecule has 0 heterocycles. The summed E-state index contributed by atoms with van der Waals surface area (Å²) in [5.74, 6) is -0.348. The summed E-state index contributed by atoms with van der Waals surface area (Å²) in [4.78, 5) is 10.7. The molecule has 0 amide bonds. The van der Waals surface area contributed by atoms with E-state index < -0.39 is 5.97 Å². The fourth-order valence-electron chi connectivity index (χ4n) is 1.22. The molecule has 0 saturated carbocycles. The summed E-state index contributed by atoms with van der Waals surface area (Å²) in [6.07, 6.45) is 0. The van der Waals surface area contributed by atoms with Gasteiger partial charge in [-0.15, -0.1) is 0 Å². The lowest BCUT2D eigenvalue weighted by molar-refractivity contribution is 0.0696. The minimum absolute atomic E-state index is 0.220. The number of carbonyl (C=O) groups is 1. The fourth-order valence-corrected chi connectivity index (χ4v) is 1.22. The summed E-state index contributed by atoms with van der Waals surface area (Å²) < 4.78 is 5.07. The number of rotatable bonds is 3. The number of carboxylic acid groups (broad SMARTS) is 1. The van der Waals surface area contributed by atoms with Crippen molar-refractivity contribution in [2.45, 2.75) is 13.0 Å². The maximum Gasteiger partial charge on any atom is 0.335 e. The summed E-state index contributed by atoms with van der Waals surface area (Å²) in [5, 5.41) is 8.77. The molecule has 1 rings (SSSR count). The molecule has 0 saturated heterocycles. The fraction of sp³-hybridized carbons (Fsp3) is 0.300. The van der Waals surface area contributed by atoms with E-state index in [0.717, 1.165) is 0 Å². The van der Waals surface area contributed by atoms with E-state index >= 15 is 0 Å². The lowest BCUT2D eigenvalue weighted by Crippen LogP contribution is -2.08. The van der Waals surface area contributed by atoms with Crippen molar-refractivity contribution >= 4 is 5.97 Å². The van der Waals surface area contributed by atoms with Gasteiger partial charge in [0, 0.05) is 11.6 Å². The van der Waals surface area contributed by atoms with E-state index in [0.29, 0.717) is 11.3 Å². The third-order valence-electron chi connectivity index (χ3n) is 1.97. The molecule has 0 aliphatic carbocycles. The van der Waals surface area contributed by atoms with Crippen molar-refractivity contribution < 1.29 is 14.6 Å². The second-order valence-electron chi connectivity index (χ2n) is 3.05. The van der Waals surface area contributed by atoms with Gasteiger partial charge in [-0.2, -0.15) is 0 Å². The van der Waals surface area contributed by atoms with Crippen LogP contribution < -0.4 is 10.5 Å². The highest BCUT2D eigenvalue weighted by atomic mass is 16.5. The number of aromatic carboxylic acids is 1. The molecule has 4 heteroatoms. The summed E-state index contributed by atoms with van der Waals surface area (Å²) >= 11 is 0. The molecule has 0 aromatic heterocycles. The highest BCUT2D eigenvalue weighted by molar-refractivity contribution is 5.88. The molecule has 3 N–H and O–H groups in total. The molecule has 0 aliphatic heterocycles. The first-order valence-corrected chi connectivity index (χ1v) is 4.23. The number of hydrogen-bond acceptors (Lipinski definition) is 3. The minimum atomic E-state index is -0.963. The molecule has 0 fully saturated rings. The van der Waals surface area contributed by atoms with E-state index in [4.69, 9.17) is 15.6 Å². The maximum atomic E-state index is 10.7. The quantitative estimate of drug-likeness (QED) is 0.764. The molecule has 0 bridgehead atoms. The molecule has 14 heavy (non-hydrogen) atoms. The highest BCUT2D eigenvalue weighted by Gasteiger charge is 2.11. The SMILES string of the molecule is COc1ccc(C(=O)O)cc1C(C)N. The third kappa shape index (κ3) is 2.03. The van der Waals surface area contributed by atoms with Crippen LogP contribution in [0.5, 0.6) is 5.75 Å². The average Bonchev–Trinajstić information content (AvgIpc) is 2.16. The molecule has 0 aliphatic rings. The Hall–Kier alpha value is -1.55. The van der Waals surface area contributed by atoms with E-state index in [1.54, 1.807) is 13.0 Å². The Morgan fingerprint density at radius 2 is 2.21 bits per heavy atom. The first-order chi connectivity index (χ1) is 6.56. The molecule has 1 atom stereocenters. The zero-order valence-electron chi connectivity index (χ0n) is 8.15. The van der Waals surface area contributed by atoms with E-state index in [2.05, 4.69) is 0 Å². The van der Waals surface area contributed by atoms with Crippen LogP contribution in [0.4, 0.5) is 0 Å². The smallest absolute Gasteiger partial charge is 0.335 e. The standard InChI is InChI=1S/C10H13NO3/c1-6(11)8-5-7(10(12)13)3-4-9(8)14-2/h3-6H,11H2,1-2H3,(H,12,13). The zero-order valence-corrected chi connectivity index (χ0v) is 8.15. The van der Waals surface area contributed by atoms with Gasteiger partial charge in [0.2, 0.25) is 0 Å². The van der Waals surface area contributed by atoms with Crippen molar-refractivity contribution in [3.63, 3.8) is 0 Å². The van der Waals surface area contributed by atoms with E-state index in [9.17, 15) is 4.79 Å². The van der Waals surface area contributed by atoms with Crippen molar-refractivity contribution in [2.24, 2.45) is 5.73 Å². The second-order valence-corrected chi connectivity index (χ2v) is 3.05. The number of hydrogen-bond donors (Lipinski definition) is 2. The number of benzene rings is 1. The normalized spacial score (nSPS) is 12.2. The van der Waals surface area contributed by atoms with Crippen molar-refractivity contribution in [2.75, 3.05) is 7.11 Å². The lowest BCUT2D eigenvalue weighted by Gasteiger charge is -2.11. The van der Waals surface area contributed by atoms with E-state index in [-0.39, 0.29) is 11.6 Å². The van der Waals surface area contributed by atoms with Gasteiger partial charge in [0.15, 0.2) is 0 Å². The Kier molecular flexibility index (Phi) is 3.09. The first kappa shape index (κ1) is 10.5. The van der Waals surface area contributed by atoms with Gasteiger partial charge in [-0.05, 0) is 25.1 Å². The van der Waals surface area contributed by atoms with Crippen LogP contribution in [0.15, 0.2) is 18.2 Å². The van der Waals surface area contributed by atoms with Gasteiger partial charge in [-0.25, -0.2) is 4.79 Å². The Bertz CT molecular complexity index is 347. The number of ether oxygens (including phenoxy) is 1. The van der Waals surface area contributed by atoms with Crippen LogP contribution in [-0.4, -0.2) is 18.2 Å². The number of nitrogens with two attached hydrogens (primary N) is 1. The summed E-state index contributed by atoms with van der Waals surface area (Å²) in [5.41, 5.74) is 6.61. The Morgan fingerprint density at radius 1 is 1.57 bits per heavy atom. The molecule has 0 spiro atoms. The molecule has 0 radical (unpaired) electrons. The zero-order chi connectivity index (χ0) is 10.7. The molecule has 1 unspecified atom stereocenters. The van der Waals surface area contributed by atoms with Gasteiger partial charge < -0.3 is 15.6 Å². The van der Waals surface area contributed by atoms with Crippen molar-refractivity contribution in [3.05, 3.63) is 29.3 Å². The van der Waals surface area contributed by atoms with Gasteiger partial charge in [0.05, 0.1) is 12.7 Å². The van der Waals surface area contributed by atoms with Crippen molar-refractivity contribution in [1.82, 2.24) is 0 Å². The Balaban J connectivity index is 3.20. The molecular formula is C10H13NO3. The van der Waals surface area contributed by atoms with Gasteiger partial charge in [0.25, 0.3) is 0 Å². The van der Waals surface area contributed by atoms with Gasteiger partial charge in [0.1, 0.15) is 5.75 Å². The average molecular weight is 195 g/mol. The molecule has 4 nitrogen and oxygen atoms in total. The highest BCUT2D eigenvalue weighted by Crippen LogP contribution is 2.24. The van der Waals surface area contributed by atoms with Gasteiger partial charge >= 0.3 is 5.97 Å². The Morgan fingerprint density at radius 3 is 2.64 bits per heavy atom. The van der Waals surface area contributed by atoms with E-state index in [1.165, 1.54) is 19.2 Å². The second kappa shape index (κ2) is 4.11. The molecule has 1 aromatic carbocycles. The Labute approximate surface area is 82.3 Å². The maximum absolute atomic E-state index is 10.7. The number of methoxy groups -OCH3 is 1. The predicted molar refractivity (Wildman–Crippen MR) is 52.6 cm³/mol.